The lowest BCUT2D eigenvalue weighted by atomic mass is 9.70. The fourth-order valence-corrected chi connectivity index (χ4v) is 2.46. The molecule has 1 aliphatic heterocycles. The number of nitrogens with one attached hydrogen (secondary N) is 1. The van der Waals surface area contributed by atoms with E-state index in [9.17, 15) is 18.7 Å². The molecular formula is C12H21F2NO2. The van der Waals surface area contributed by atoms with Gasteiger partial charge in [-0.25, -0.2) is 8.78 Å². The van der Waals surface area contributed by atoms with Crippen LogP contribution in [0.5, 0.6) is 0 Å². The van der Waals surface area contributed by atoms with Gasteiger partial charge in [-0.1, -0.05) is 13.8 Å². The molecule has 0 spiro atoms. The summed E-state index contributed by atoms with van der Waals surface area (Å²) >= 11 is 0. The molecule has 0 saturated carbocycles. The van der Waals surface area contributed by atoms with Crippen molar-refractivity contribution in [1.29, 1.82) is 0 Å². The van der Waals surface area contributed by atoms with Gasteiger partial charge in [-0.15, -0.1) is 0 Å². The van der Waals surface area contributed by atoms with Gasteiger partial charge in [0.25, 0.3) is 0 Å². The molecule has 0 aromatic heterocycles. The van der Waals surface area contributed by atoms with E-state index < -0.39 is 17.8 Å². The van der Waals surface area contributed by atoms with Crippen molar-refractivity contribution in [3.8, 4) is 0 Å². The minimum absolute atomic E-state index is 0.0518. The molecule has 3 nitrogen and oxygen atoms in total. The van der Waals surface area contributed by atoms with Crippen molar-refractivity contribution in [2.45, 2.75) is 39.5 Å². The van der Waals surface area contributed by atoms with Crippen LogP contribution in [0.3, 0.4) is 0 Å². The number of aliphatic carboxylic acids is 1. The van der Waals surface area contributed by atoms with Gasteiger partial charge in [0.15, 0.2) is 0 Å². The summed E-state index contributed by atoms with van der Waals surface area (Å²) in [4.78, 5) is 11.4. The predicted molar refractivity (Wildman–Crippen MR) is 61.1 cm³/mol. The molecule has 5 heteroatoms. The Morgan fingerprint density at radius 3 is 2.65 bits per heavy atom. The molecule has 0 aromatic rings. The molecule has 1 aliphatic rings. The summed E-state index contributed by atoms with van der Waals surface area (Å²) in [7, 11) is 0. The lowest BCUT2D eigenvalue weighted by molar-refractivity contribution is -0.152. The molecule has 0 aliphatic carbocycles. The topological polar surface area (TPSA) is 49.3 Å². The molecule has 2 unspecified atom stereocenters. The largest absolute Gasteiger partial charge is 0.481 e. The zero-order chi connectivity index (χ0) is 13.1. The molecule has 1 fully saturated rings. The Labute approximate surface area is 101 Å². The first-order valence-electron chi connectivity index (χ1n) is 6.09. The summed E-state index contributed by atoms with van der Waals surface area (Å²) in [5.41, 5.74) is -1.01. The van der Waals surface area contributed by atoms with Crippen molar-refractivity contribution >= 4 is 5.97 Å². The van der Waals surface area contributed by atoms with E-state index in [-0.39, 0.29) is 18.8 Å². The molecule has 2 N–H and O–H groups in total. The van der Waals surface area contributed by atoms with Crippen molar-refractivity contribution in [2.24, 2.45) is 17.3 Å². The van der Waals surface area contributed by atoms with E-state index in [1.54, 1.807) is 0 Å². The Hall–Kier alpha value is -0.710. The number of piperidine rings is 1. The second kappa shape index (κ2) is 5.76. The Kier molecular flexibility index (Phi) is 4.86. The first kappa shape index (κ1) is 14.4. The first-order chi connectivity index (χ1) is 7.87. The van der Waals surface area contributed by atoms with Crippen LogP contribution in [-0.4, -0.2) is 30.6 Å². The van der Waals surface area contributed by atoms with E-state index in [4.69, 9.17) is 0 Å². The summed E-state index contributed by atoms with van der Waals surface area (Å²) in [5.74, 6) is -0.332. The number of hydrogen-bond acceptors (Lipinski definition) is 2. The molecule has 0 bridgehead atoms. The third-order valence-electron chi connectivity index (χ3n) is 3.76. The summed E-state index contributed by atoms with van der Waals surface area (Å²) in [6, 6.07) is 0. The van der Waals surface area contributed by atoms with Crippen LogP contribution in [0.25, 0.3) is 0 Å². The first-order valence-corrected chi connectivity index (χ1v) is 6.09. The molecule has 17 heavy (non-hydrogen) atoms. The highest BCUT2D eigenvalue weighted by atomic mass is 19.3. The lowest BCUT2D eigenvalue weighted by Gasteiger charge is -2.39. The molecule has 2 atom stereocenters. The number of halogens is 2. The number of rotatable bonds is 5. The van der Waals surface area contributed by atoms with Gasteiger partial charge in [-0.05, 0) is 31.2 Å². The van der Waals surface area contributed by atoms with Gasteiger partial charge < -0.3 is 10.4 Å². The van der Waals surface area contributed by atoms with Crippen LogP contribution in [-0.2, 0) is 4.79 Å². The van der Waals surface area contributed by atoms with Crippen molar-refractivity contribution < 1.29 is 18.7 Å². The highest BCUT2D eigenvalue weighted by Gasteiger charge is 2.43. The number of carbonyl (C=O) groups is 1. The smallest absolute Gasteiger partial charge is 0.310 e. The zero-order valence-corrected chi connectivity index (χ0v) is 10.4. The van der Waals surface area contributed by atoms with E-state index in [0.29, 0.717) is 18.9 Å². The molecule has 0 amide bonds. The van der Waals surface area contributed by atoms with Gasteiger partial charge in [0, 0.05) is 13.0 Å². The van der Waals surface area contributed by atoms with Crippen molar-refractivity contribution in [3.05, 3.63) is 0 Å². The minimum atomic E-state index is -2.43. The predicted octanol–water partition coefficient (Wildman–Crippen LogP) is 2.37. The van der Waals surface area contributed by atoms with Gasteiger partial charge in [0.05, 0.1) is 5.41 Å². The Morgan fingerprint density at radius 2 is 2.18 bits per heavy atom. The maximum Gasteiger partial charge on any atom is 0.310 e. The van der Waals surface area contributed by atoms with E-state index >= 15 is 0 Å². The summed E-state index contributed by atoms with van der Waals surface area (Å²) in [6.07, 6.45) is -2.21. The molecule has 0 aromatic carbocycles. The fraction of sp³-hybridized carbons (Fsp3) is 0.917. The maximum atomic E-state index is 12.3. The standard InChI is InChI=1S/C12H21F2NO2/c1-8(2)9-5-12(11(16)17,7-15-6-9)4-3-10(13)14/h8-10,15H,3-7H2,1-2H3,(H,16,17). The van der Waals surface area contributed by atoms with Gasteiger partial charge in [-0.3, -0.25) is 4.79 Å². The van der Waals surface area contributed by atoms with Gasteiger partial charge >= 0.3 is 5.97 Å². The van der Waals surface area contributed by atoms with Gasteiger partial charge in [-0.2, -0.15) is 0 Å². The maximum absolute atomic E-state index is 12.3. The average molecular weight is 249 g/mol. The molecule has 1 heterocycles. The SMILES string of the molecule is CC(C)C1CNCC(CCC(F)F)(C(=O)O)C1. The van der Waals surface area contributed by atoms with Gasteiger partial charge in [0.1, 0.15) is 0 Å². The third-order valence-corrected chi connectivity index (χ3v) is 3.76. The van der Waals surface area contributed by atoms with E-state index in [2.05, 4.69) is 5.32 Å². The minimum Gasteiger partial charge on any atom is -0.481 e. The van der Waals surface area contributed by atoms with Crippen LogP contribution in [0.1, 0.15) is 33.1 Å². The molecule has 0 radical (unpaired) electrons. The third kappa shape index (κ3) is 3.63. The second-order valence-corrected chi connectivity index (χ2v) is 5.35. The van der Waals surface area contributed by atoms with Gasteiger partial charge in [0.2, 0.25) is 6.43 Å². The van der Waals surface area contributed by atoms with Crippen LogP contribution in [0, 0.1) is 17.3 Å². The van der Waals surface area contributed by atoms with Crippen LogP contribution in [0.15, 0.2) is 0 Å². The van der Waals surface area contributed by atoms with Crippen LogP contribution >= 0.6 is 0 Å². The lowest BCUT2D eigenvalue weighted by Crippen LogP contribution is -2.50. The number of alkyl halides is 2. The fourth-order valence-electron chi connectivity index (χ4n) is 2.46. The molecular weight excluding hydrogens is 228 g/mol. The average Bonchev–Trinajstić information content (AvgIpc) is 2.26. The van der Waals surface area contributed by atoms with Crippen LogP contribution in [0.4, 0.5) is 8.78 Å². The van der Waals surface area contributed by atoms with E-state index in [1.807, 2.05) is 13.8 Å². The second-order valence-electron chi connectivity index (χ2n) is 5.35. The summed E-state index contributed by atoms with van der Waals surface area (Å²) in [5, 5.41) is 12.4. The molecule has 1 rings (SSSR count). The highest BCUT2D eigenvalue weighted by molar-refractivity contribution is 5.75. The molecule has 100 valence electrons. The molecule has 1 saturated heterocycles. The Balaban J connectivity index is 2.73. The Morgan fingerprint density at radius 1 is 1.53 bits per heavy atom. The van der Waals surface area contributed by atoms with E-state index in [1.165, 1.54) is 0 Å². The van der Waals surface area contributed by atoms with Crippen molar-refractivity contribution in [3.63, 3.8) is 0 Å². The Bertz CT molecular complexity index is 271. The summed E-state index contributed by atoms with van der Waals surface area (Å²) in [6.45, 7) is 5.16. The van der Waals surface area contributed by atoms with Crippen molar-refractivity contribution in [2.75, 3.05) is 13.1 Å². The number of hydrogen-bond donors (Lipinski definition) is 2. The van der Waals surface area contributed by atoms with Crippen LogP contribution in [0.2, 0.25) is 0 Å². The zero-order valence-electron chi connectivity index (χ0n) is 10.4. The quantitative estimate of drug-likeness (QED) is 0.786. The van der Waals surface area contributed by atoms with E-state index in [0.717, 1.165) is 6.54 Å². The number of carboxylic acid groups (broad SMARTS) is 1. The normalized spacial score (nSPS) is 29.9. The highest BCUT2D eigenvalue weighted by Crippen LogP contribution is 2.37. The number of carboxylic acids is 1. The monoisotopic (exact) mass is 249 g/mol. The summed E-state index contributed by atoms with van der Waals surface area (Å²) < 4.78 is 24.5. The van der Waals surface area contributed by atoms with Crippen LogP contribution < -0.4 is 5.32 Å². The van der Waals surface area contributed by atoms with Crippen molar-refractivity contribution in [1.82, 2.24) is 5.32 Å².